The van der Waals surface area contributed by atoms with Crippen molar-refractivity contribution < 1.29 is 14.6 Å². The second kappa shape index (κ2) is 5.23. The molecule has 0 saturated heterocycles. The molecule has 94 valence electrons. The summed E-state index contributed by atoms with van der Waals surface area (Å²) in [7, 11) is 1.51. The average molecular weight is 253 g/mol. The predicted octanol–water partition coefficient (Wildman–Crippen LogP) is 2.84. The Bertz CT molecular complexity index is 711. The van der Waals surface area contributed by atoms with Crippen molar-refractivity contribution in [3.8, 4) is 11.8 Å². The zero-order valence-electron chi connectivity index (χ0n) is 10.3. The normalized spacial score (nSPS) is 11.1. The molecule has 0 aromatic heterocycles. The Morgan fingerprint density at radius 2 is 2.05 bits per heavy atom. The molecule has 0 aliphatic rings. The van der Waals surface area contributed by atoms with Gasteiger partial charge < -0.3 is 9.84 Å². The van der Waals surface area contributed by atoms with E-state index in [1.165, 1.54) is 13.2 Å². The van der Waals surface area contributed by atoms with Gasteiger partial charge >= 0.3 is 5.97 Å². The summed E-state index contributed by atoms with van der Waals surface area (Å²) in [5.41, 5.74) is 0.272. The molecule has 0 spiro atoms. The van der Waals surface area contributed by atoms with Crippen LogP contribution in [0.4, 0.5) is 0 Å². The zero-order chi connectivity index (χ0) is 13.8. The van der Waals surface area contributed by atoms with Crippen molar-refractivity contribution in [2.24, 2.45) is 0 Å². The molecular formula is C15H11NO3. The Morgan fingerprint density at radius 3 is 2.68 bits per heavy atom. The molecule has 2 aromatic carbocycles. The van der Waals surface area contributed by atoms with Gasteiger partial charge in [-0.15, -0.1) is 0 Å². The molecule has 4 heteroatoms. The van der Waals surface area contributed by atoms with Gasteiger partial charge in [0.25, 0.3) is 0 Å². The number of aliphatic carboxylic acids is 1. The van der Waals surface area contributed by atoms with E-state index in [4.69, 9.17) is 15.1 Å². The number of carboxylic acids is 1. The minimum Gasteiger partial charge on any atom is -0.496 e. The first-order valence-electron chi connectivity index (χ1n) is 5.58. The van der Waals surface area contributed by atoms with E-state index in [0.29, 0.717) is 11.3 Å². The van der Waals surface area contributed by atoms with Gasteiger partial charge in [0.1, 0.15) is 17.4 Å². The number of nitrogens with zero attached hydrogens (tertiary/aromatic N) is 1. The highest BCUT2D eigenvalue weighted by atomic mass is 16.5. The van der Waals surface area contributed by atoms with Crippen molar-refractivity contribution in [1.29, 1.82) is 5.26 Å². The van der Waals surface area contributed by atoms with Crippen LogP contribution in [0.2, 0.25) is 0 Å². The minimum absolute atomic E-state index is 0.324. The van der Waals surface area contributed by atoms with Crippen LogP contribution in [-0.4, -0.2) is 18.2 Å². The number of carbonyl (C=O) groups is 1. The number of methoxy groups -OCH3 is 1. The number of carboxylic acid groups (broad SMARTS) is 1. The van der Waals surface area contributed by atoms with Gasteiger partial charge in [-0.2, -0.15) is 5.26 Å². The number of hydrogen-bond donors (Lipinski definition) is 1. The molecule has 0 radical (unpaired) electrons. The van der Waals surface area contributed by atoms with Crippen LogP contribution < -0.4 is 4.74 Å². The molecule has 0 bridgehead atoms. The van der Waals surface area contributed by atoms with E-state index in [2.05, 4.69) is 0 Å². The molecule has 0 fully saturated rings. The molecule has 0 unspecified atom stereocenters. The Labute approximate surface area is 110 Å². The smallest absolute Gasteiger partial charge is 0.346 e. The van der Waals surface area contributed by atoms with Crippen molar-refractivity contribution in [1.82, 2.24) is 0 Å². The summed E-state index contributed by atoms with van der Waals surface area (Å²) in [5.74, 6) is -0.717. The SMILES string of the molecule is COc1ccc2ccccc2c1C=C(C#N)C(=O)O. The minimum atomic E-state index is -1.25. The summed E-state index contributed by atoms with van der Waals surface area (Å²) in [6.07, 6.45) is 1.34. The highest BCUT2D eigenvalue weighted by molar-refractivity contribution is 6.01. The van der Waals surface area contributed by atoms with Crippen molar-refractivity contribution >= 4 is 22.8 Å². The lowest BCUT2D eigenvalue weighted by Crippen LogP contribution is -1.98. The van der Waals surface area contributed by atoms with Gasteiger partial charge in [0.15, 0.2) is 0 Å². The number of ether oxygens (including phenoxy) is 1. The summed E-state index contributed by atoms with van der Waals surface area (Å²) >= 11 is 0. The Kier molecular flexibility index (Phi) is 3.48. The van der Waals surface area contributed by atoms with Crippen LogP contribution >= 0.6 is 0 Å². The van der Waals surface area contributed by atoms with E-state index in [1.807, 2.05) is 30.3 Å². The lowest BCUT2D eigenvalue weighted by molar-refractivity contribution is -0.132. The number of nitriles is 1. The molecule has 1 N–H and O–H groups in total. The van der Waals surface area contributed by atoms with Crippen LogP contribution in [0.5, 0.6) is 5.75 Å². The maximum Gasteiger partial charge on any atom is 0.346 e. The molecule has 2 rings (SSSR count). The Balaban J connectivity index is 2.77. The summed E-state index contributed by atoms with van der Waals surface area (Å²) in [4.78, 5) is 10.9. The van der Waals surface area contributed by atoms with Crippen molar-refractivity contribution in [2.75, 3.05) is 7.11 Å². The van der Waals surface area contributed by atoms with Crippen LogP contribution in [0.1, 0.15) is 5.56 Å². The zero-order valence-corrected chi connectivity index (χ0v) is 10.3. The summed E-state index contributed by atoms with van der Waals surface area (Å²) in [5, 5.41) is 19.6. The molecule has 0 aliphatic carbocycles. The first kappa shape index (κ1) is 12.7. The van der Waals surface area contributed by atoms with E-state index >= 15 is 0 Å². The average Bonchev–Trinajstić information content (AvgIpc) is 2.44. The van der Waals surface area contributed by atoms with Gasteiger partial charge in [-0.25, -0.2) is 4.79 Å². The standard InChI is InChI=1S/C15H11NO3/c1-19-14-7-6-10-4-2-3-5-12(10)13(14)8-11(9-16)15(17)18/h2-8H,1H3,(H,17,18). The van der Waals surface area contributed by atoms with Gasteiger partial charge in [0.2, 0.25) is 0 Å². The number of rotatable bonds is 3. The largest absolute Gasteiger partial charge is 0.496 e. The Morgan fingerprint density at radius 1 is 1.32 bits per heavy atom. The highest BCUT2D eigenvalue weighted by Crippen LogP contribution is 2.29. The first-order valence-corrected chi connectivity index (χ1v) is 5.58. The molecule has 4 nitrogen and oxygen atoms in total. The van der Waals surface area contributed by atoms with E-state index in [1.54, 1.807) is 12.1 Å². The fourth-order valence-corrected chi connectivity index (χ4v) is 1.89. The molecule has 0 saturated carbocycles. The van der Waals surface area contributed by atoms with Crippen molar-refractivity contribution in [3.05, 3.63) is 47.5 Å². The third-order valence-electron chi connectivity index (χ3n) is 2.79. The summed E-state index contributed by atoms with van der Waals surface area (Å²) < 4.78 is 5.23. The van der Waals surface area contributed by atoms with Crippen LogP contribution in [0.3, 0.4) is 0 Å². The highest BCUT2D eigenvalue weighted by Gasteiger charge is 2.11. The maximum absolute atomic E-state index is 10.9. The van der Waals surface area contributed by atoms with Crippen molar-refractivity contribution in [2.45, 2.75) is 0 Å². The maximum atomic E-state index is 10.9. The van der Waals surface area contributed by atoms with E-state index < -0.39 is 5.97 Å². The predicted molar refractivity (Wildman–Crippen MR) is 71.7 cm³/mol. The molecule has 0 aliphatic heterocycles. The lowest BCUT2D eigenvalue weighted by Gasteiger charge is -2.08. The second-order valence-corrected chi connectivity index (χ2v) is 3.88. The number of benzene rings is 2. The molecule has 0 heterocycles. The lowest BCUT2D eigenvalue weighted by atomic mass is 10.0. The third-order valence-corrected chi connectivity index (χ3v) is 2.79. The van der Waals surface area contributed by atoms with Crippen LogP contribution in [0, 0.1) is 11.3 Å². The van der Waals surface area contributed by atoms with Gasteiger partial charge in [-0.05, 0) is 22.9 Å². The summed E-state index contributed by atoms with van der Waals surface area (Å²) in [6.45, 7) is 0. The first-order chi connectivity index (χ1) is 9.17. The van der Waals surface area contributed by atoms with Crippen molar-refractivity contribution in [3.63, 3.8) is 0 Å². The van der Waals surface area contributed by atoms with Gasteiger partial charge in [0.05, 0.1) is 7.11 Å². The van der Waals surface area contributed by atoms with E-state index in [-0.39, 0.29) is 5.57 Å². The number of fused-ring (bicyclic) bond motifs is 1. The number of hydrogen-bond acceptors (Lipinski definition) is 3. The third kappa shape index (κ3) is 2.40. The van der Waals surface area contributed by atoms with Gasteiger partial charge in [-0.3, -0.25) is 0 Å². The second-order valence-electron chi connectivity index (χ2n) is 3.88. The molecule has 19 heavy (non-hydrogen) atoms. The fourth-order valence-electron chi connectivity index (χ4n) is 1.89. The van der Waals surface area contributed by atoms with E-state index in [9.17, 15) is 4.79 Å². The van der Waals surface area contributed by atoms with Crippen LogP contribution in [0.25, 0.3) is 16.8 Å². The summed E-state index contributed by atoms with van der Waals surface area (Å²) in [6, 6.07) is 12.8. The molecule has 2 aromatic rings. The molecule has 0 atom stereocenters. The Hall–Kier alpha value is -2.80. The molecular weight excluding hydrogens is 242 g/mol. The van der Waals surface area contributed by atoms with Crippen LogP contribution in [0.15, 0.2) is 42.0 Å². The van der Waals surface area contributed by atoms with Gasteiger partial charge in [-0.1, -0.05) is 30.3 Å². The quantitative estimate of drug-likeness (QED) is 0.674. The topological polar surface area (TPSA) is 70.3 Å². The van der Waals surface area contributed by atoms with Crippen LogP contribution in [-0.2, 0) is 4.79 Å². The monoisotopic (exact) mass is 253 g/mol. The van der Waals surface area contributed by atoms with Gasteiger partial charge in [0, 0.05) is 5.56 Å². The van der Waals surface area contributed by atoms with E-state index in [0.717, 1.165) is 10.8 Å². The fraction of sp³-hybridized carbons (Fsp3) is 0.0667. The molecule has 0 amide bonds.